The number of para-hydroxylation sites is 2. The average molecular weight is 1060 g/mol. The second-order valence-corrected chi connectivity index (χ2v) is 27.1. The van der Waals surface area contributed by atoms with Gasteiger partial charge in [-0.1, -0.05) is 189 Å². The minimum Gasteiger partial charge on any atom is -0.311 e. The van der Waals surface area contributed by atoms with E-state index >= 15 is 0 Å². The van der Waals surface area contributed by atoms with Crippen LogP contribution < -0.4 is 26.2 Å². The fourth-order valence-corrected chi connectivity index (χ4v) is 11.8. The lowest BCUT2D eigenvalue weighted by Gasteiger charge is -2.45. The first-order valence-electron chi connectivity index (χ1n) is 35.8. The van der Waals surface area contributed by atoms with Crippen molar-refractivity contribution < 1.29 is 21.9 Å². The Morgan fingerprint density at radius 1 is 0.375 bits per heavy atom. The van der Waals surface area contributed by atoms with Crippen LogP contribution in [0.25, 0.3) is 55.0 Å². The van der Waals surface area contributed by atoms with Crippen LogP contribution in [-0.2, 0) is 28.0 Å². The Bertz CT molecular complexity index is 4920. The number of benzene rings is 9. The van der Waals surface area contributed by atoms with Crippen molar-refractivity contribution in [2.24, 2.45) is 5.41 Å². The summed E-state index contributed by atoms with van der Waals surface area (Å²) in [6.45, 7) is 28.8. The van der Waals surface area contributed by atoms with Gasteiger partial charge in [-0.15, -0.1) is 0 Å². The molecule has 2 aromatic heterocycles. The summed E-state index contributed by atoms with van der Waals surface area (Å²) in [5, 5.41) is 0.340. The molecule has 0 amide bonds. The molecule has 2 aliphatic rings. The van der Waals surface area contributed by atoms with E-state index in [1.807, 2.05) is 135 Å². The van der Waals surface area contributed by atoms with E-state index in [0.717, 1.165) is 27.5 Å². The van der Waals surface area contributed by atoms with Crippen molar-refractivity contribution in [1.82, 2.24) is 9.13 Å². The fraction of sp³-hybridized carbons (Fsp3) is 0.280. The van der Waals surface area contributed by atoms with Crippen LogP contribution in [-0.4, -0.2) is 15.8 Å². The van der Waals surface area contributed by atoms with Crippen molar-refractivity contribution in [3.8, 4) is 11.4 Å². The Morgan fingerprint density at radius 2 is 0.738 bits per heavy atom. The molecule has 5 heteroatoms. The SMILES string of the molecule is [2H]c1c([2H])c([2H])c2c(c1[2H])c1c([2H])c(C(C)(C)C)c([2H])c([2H])c1n2-c1ccc2c(c1)N(c1ccc(C(C)(C)C)cc1)c1cc(C([2H])([2H])C(C)(C)C)cc3c1B2c1ccc(-n2c4c([2H])c([2H])c([2H])c([2H])c4c4c([2H])c(C(C)(C)C)c([2H])c([2H])c42)cc1N3c1ccc(C(C)(C)C)cc1. The number of anilines is 6. The minimum atomic E-state index is -2.02. The van der Waals surface area contributed by atoms with Crippen LogP contribution >= 0.6 is 0 Å². The molecule has 2 aliphatic heterocycles. The quantitative estimate of drug-likeness (QED) is 0.160. The van der Waals surface area contributed by atoms with Crippen LogP contribution in [0.3, 0.4) is 0 Å². The molecule has 9 aromatic carbocycles. The van der Waals surface area contributed by atoms with E-state index in [1.54, 1.807) is 9.13 Å². The first kappa shape index (κ1) is 36.5. The highest BCUT2D eigenvalue weighted by Gasteiger charge is 2.44. The summed E-state index contributed by atoms with van der Waals surface area (Å²) in [7, 11) is 0. The van der Waals surface area contributed by atoms with Gasteiger partial charge in [-0.25, -0.2) is 0 Å². The molecule has 0 unspecified atom stereocenters. The van der Waals surface area contributed by atoms with Gasteiger partial charge in [-0.3, -0.25) is 0 Å². The highest BCUT2D eigenvalue weighted by Crippen LogP contribution is 2.48. The average Bonchev–Trinajstić information content (AvgIpc) is 1.30. The van der Waals surface area contributed by atoms with Gasteiger partial charge in [0.25, 0.3) is 6.71 Å². The minimum absolute atomic E-state index is 0.0303. The fourth-order valence-electron chi connectivity index (χ4n) is 11.8. The first-order chi connectivity index (χ1) is 44.4. The lowest BCUT2D eigenvalue weighted by atomic mass is 9.33. The van der Waals surface area contributed by atoms with Crippen molar-refractivity contribution >= 4 is 101 Å². The van der Waals surface area contributed by atoms with Gasteiger partial charge in [-0.05, 0) is 175 Å². The van der Waals surface area contributed by atoms with E-state index in [2.05, 4.69) is 75.6 Å². The van der Waals surface area contributed by atoms with Crippen LogP contribution in [0.4, 0.5) is 34.1 Å². The molecule has 400 valence electrons. The number of aromatic nitrogens is 2. The normalized spacial score (nSPS) is 16.9. The molecule has 0 N–H and O–H groups in total. The maximum atomic E-state index is 10.2. The predicted molar refractivity (Wildman–Crippen MR) is 347 cm³/mol. The van der Waals surface area contributed by atoms with Crippen LogP contribution in [0.2, 0.25) is 0 Å². The molecule has 0 aliphatic carbocycles. The molecule has 11 aromatic rings. The summed E-state index contributed by atoms with van der Waals surface area (Å²) in [6, 6.07) is 27.1. The zero-order chi connectivity index (χ0) is 70.1. The topological polar surface area (TPSA) is 16.3 Å². The molecule has 0 saturated carbocycles. The molecule has 0 saturated heterocycles. The lowest BCUT2D eigenvalue weighted by molar-refractivity contribution is 0.411. The zero-order valence-corrected chi connectivity index (χ0v) is 48.6. The standard InChI is InChI=1S/C75H77BN4/c1-71(2,3)46-47-40-68-70-69(41-47)78(53-32-26-49(27-33-53)73(7,8)9)67-45-55(80-63-23-19-17-21-57(63)59-43-51(75(13,14)15)29-39-65(59)80)35-37-61(67)76(70)60-36-34-54(44-66(60)77(68)52-30-24-48(25-31-52)72(4,5)6)79-62-22-18-16-20-56(62)58-42-50(74(10,11)12)28-38-64(58)79/h16-45H,46H2,1-15H3/i16D,17D,18D,19D,20D,21D,22D,23D,28D,29D,38D,39D,42D,43D,46D2. The molecule has 80 heavy (non-hydrogen) atoms. The molecule has 0 atom stereocenters. The third-order valence-corrected chi connectivity index (χ3v) is 15.9. The third-order valence-electron chi connectivity index (χ3n) is 15.9. The van der Waals surface area contributed by atoms with Crippen LogP contribution in [0.15, 0.2) is 182 Å². The van der Waals surface area contributed by atoms with Gasteiger partial charge in [0.05, 0.1) is 41.3 Å². The van der Waals surface area contributed by atoms with Gasteiger partial charge >= 0.3 is 0 Å². The number of nitrogens with zero attached hydrogens (tertiary/aromatic N) is 4. The molecule has 13 rings (SSSR count). The molecule has 0 fully saturated rings. The first-order valence-corrected chi connectivity index (χ1v) is 27.8. The smallest absolute Gasteiger partial charge is 0.252 e. The van der Waals surface area contributed by atoms with E-state index in [1.165, 1.54) is 0 Å². The summed E-state index contributed by atoms with van der Waals surface area (Å²) >= 11 is 0. The van der Waals surface area contributed by atoms with Crippen molar-refractivity contribution in [3.05, 3.63) is 209 Å². The summed E-state index contributed by atoms with van der Waals surface area (Å²) in [4.78, 5) is 4.22. The Morgan fingerprint density at radius 3 is 1.11 bits per heavy atom. The van der Waals surface area contributed by atoms with Crippen LogP contribution in [0, 0.1) is 5.41 Å². The van der Waals surface area contributed by atoms with Crippen molar-refractivity contribution in [3.63, 3.8) is 0 Å². The lowest BCUT2D eigenvalue weighted by Crippen LogP contribution is -2.61. The highest BCUT2D eigenvalue weighted by atomic mass is 15.2. The molecular weight excluding hydrogens is 968 g/mol. The van der Waals surface area contributed by atoms with E-state index in [0.29, 0.717) is 51.1 Å². The van der Waals surface area contributed by atoms with E-state index in [4.69, 9.17) is 5.48 Å². The monoisotopic (exact) mass is 1060 g/mol. The van der Waals surface area contributed by atoms with E-state index in [9.17, 15) is 16.4 Å². The summed E-state index contributed by atoms with van der Waals surface area (Å²) in [6.07, 6.45) is -2.02. The van der Waals surface area contributed by atoms with Crippen LogP contribution in [0.1, 0.15) is 154 Å². The maximum absolute atomic E-state index is 10.2. The van der Waals surface area contributed by atoms with E-state index in [-0.39, 0.29) is 114 Å². The van der Waals surface area contributed by atoms with Crippen molar-refractivity contribution in [2.45, 2.75) is 132 Å². The molecular formula is C75H77BN4. The number of hydrogen-bond acceptors (Lipinski definition) is 2. The summed E-state index contributed by atoms with van der Waals surface area (Å²) in [5.74, 6) is 0. The van der Waals surface area contributed by atoms with E-state index < -0.39 is 65.6 Å². The third kappa shape index (κ3) is 8.48. The summed E-state index contributed by atoms with van der Waals surface area (Å²) in [5.41, 5.74) is 6.99. The Labute approximate surface area is 498 Å². The second-order valence-electron chi connectivity index (χ2n) is 27.1. The van der Waals surface area contributed by atoms with Gasteiger partial charge < -0.3 is 18.9 Å². The van der Waals surface area contributed by atoms with Crippen LogP contribution in [0.5, 0.6) is 0 Å². The Kier molecular flexibility index (Phi) is 8.15. The zero-order valence-electron chi connectivity index (χ0n) is 64.6. The van der Waals surface area contributed by atoms with Gasteiger partial charge in [0, 0.05) is 69.8 Å². The van der Waals surface area contributed by atoms with Gasteiger partial charge in [0.15, 0.2) is 0 Å². The van der Waals surface area contributed by atoms with Crippen molar-refractivity contribution in [1.29, 1.82) is 0 Å². The Hall–Kier alpha value is -7.76. The second kappa shape index (κ2) is 17.9. The van der Waals surface area contributed by atoms with Gasteiger partial charge in [0.1, 0.15) is 0 Å². The highest BCUT2D eigenvalue weighted by molar-refractivity contribution is 7.00. The molecule has 4 nitrogen and oxygen atoms in total. The molecule has 0 bridgehead atoms. The number of rotatable bonds is 5. The van der Waals surface area contributed by atoms with Crippen molar-refractivity contribution in [2.75, 3.05) is 9.80 Å². The molecule has 0 radical (unpaired) electrons. The molecule has 4 heterocycles. The number of fused-ring (bicyclic) bond motifs is 10. The largest absolute Gasteiger partial charge is 0.311 e. The predicted octanol–water partition coefficient (Wildman–Crippen LogP) is 18.7. The van der Waals surface area contributed by atoms with Gasteiger partial charge in [-0.2, -0.15) is 0 Å². The van der Waals surface area contributed by atoms with Gasteiger partial charge in [0.2, 0.25) is 0 Å². The Balaban J connectivity index is 1.21. The summed E-state index contributed by atoms with van der Waals surface area (Å²) < 4.78 is 157. The molecule has 0 spiro atoms. The maximum Gasteiger partial charge on any atom is 0.252 e. The number of hydrogen-bond donors (Lipinski definition) is 0.